The van der Waals surface area contributed by atoms with Gasteiger partial charge in [-0.2, -0.15) is 17.5 Å². The van der Waals surface area contributed by atoms with Crippen LogP contribution in [0.3, 0.4) is 0 Å². The van der Waals surface area contributed by atoms with Crippen LogP contribution in [0.15, 0.2) is 41.3 Å². The first-order valence-electron chi connectivity index (χ1n) is 9.45. The minimum Gasteiger partial charge on any atom is -0.495 e. The third-order valence-corrected chi connectivity index (χ3v) is 7.50. The van der Waals surface area contributed by atoms with Crippen LogP contribution in [0.5, 0.6) is 5.75 Å². The summed E-state index contributed by atoms with van der Waals surface area (Å²) in [6, 6.07) is 6.79. The van der Waals surface area contributed by atoms with E-state index in [1.54, 1.807) is 0 Å². The number of hydrogen-bond donors (Lipinski definition) is 1. The number of nitrogens with zero attached hydrogens (tertiary/aromatic N) is 1. The van der Waals surface area contributed by atoms with Crippen molar-refractivity contribution in [1.29, 1.82) is 0 Å². The molecule has 2 aromatic carbocycles. The number of piperidine rings is 1. The van der Waals surface area contributed by atoms with Gasteiger partial charge in [-0.15, -0.1) is 0 Å². The second-order valence-corrected chi connectivity index (χ2v) is 9.93. The molecule has 1 aliphatic heterocycles. The Morgan fingerprint density at radius 1 is 1.19 bits per heavy atom. The highest BCUT2D eigenvalue weighted by atomic mass is 35.5. The molecule has 12 heteroatoms. The van der Waals surface area contributed by atoms with Crippen LogP contribution in [-0.4, -0.2) is 38.8 Å². The van der Waals surface area contributed by atoms with Crippen molar-refractivity contribution in [2.45, 2.75) is 23.9 Å². The number of halogens is 5. The zero-order chi connectivity index (χ0) is 23.7. The topological polar surface area (TPSA) is 75.7 Å². The highest BCUT2D eigenvalue weighted by molar-refractivity contribution is 7.89. The fraction of sp³-hybridized carbons (Fsp3) is 0.350. The van der Waals surface area contributed by atoms with E-state index in [9.17, 15) is 26.4 Å². The molecule has 1 aliphatic rings. The van der Waals surface area contributed by atoms with Gasteiger partial charge in [0.15, 0.2) is 0 Å². The standard InChI is InChI=1S/C20H19Cl2F3N2O4S/c1-31-17-7-5-14(21)10-18(17)32(29,30)27-8-2-3-12(11-27)19(28)26-16-9-13(20(23,24)25)4-6-15(16)22/h4-7,9-10,12H,2-3,8,11H2,1H3,(H,26,28)/t12-/m1/s1. The van der Waals surface area contributed by atoms with E-state index in [4.69, 9.17) is 27.9 Å². The van der Waals surface area contributed by atoms with Crippen molar-refractivity contribution in [1.82, 2.24) is 4.31 Å². The zero-order valence-corrected chi connectivity index (χ0v) is 19.1. The number of amides is 1. The Bertz CT molecular complexity index is 1130. The van der Waals surface area contributed by atoms with Gasteiger partial charge in [0.05, 0.1) is 29.3 Å². The number of hydrogen-bond acceptors (Lipinski definition) is 4. The summed E-state index contributed by atoms with van der Waals surface area (Å²) in [5.41, 5.74) is -1.15. The molecule has 0 aromatic heterocycles. The average molecular weight is 511 g/mol. The Morgan fingerprint density at radius 3 is 2.56 bits per heavy atom. The number of methoxy groups -OCH3 is 1. The lowest BCUT2D eigenvalue weighted by molar-refractivity contribution is -0.137. The van der Waals surface area contributed by atoms with Crippen LogP contribution in [0.1, 0.15) is 18.4 Å². The fourth-order valence-corrected chi connectivity index (χ4v) is 5.51. The predicted molar refractivity (Wildman–Crippen MR) is 115 cm³/mol. The molecule has 0 bridgehead atoms. The molecule has 1 amide bonds. The van der Waals surface area contributed by atoms with Crippen molar-refractivity contribution in [3.05, 3.63) is 52.0 Å². The van der Waals surface area contributed by atoms with E-state index < -0.39 is 33.6 Å². The number of carbonyl (C=O) groups excluding carboxylic acids is 1. The van der Waals surface area contributed by atoms with Crippen LogP contribution >= 0.6 is 23.2 Å². The van der Waals surface area contributed by atoms with Gasteiger partial charge >= 0.3 is 6.18 Å². The molecule has 0 radical (unpaired) electrons. The van der Waals surface area contributed by atoms with Gasteiger partial charge < -0.3 is 10.1 Å². The van der Waals surface area contributed by atoms with Gasteiger partial charge in [-0.1, -0.05) is 23.2 Å². The van der Waals surface area contributed by atoms with Crippen LogP contribution in [0, 0.1) is 5.92 Å². The van der Waals surface area contributed by atoms with Crippen molar-refractivity contribution in [2.24, 2.45) is 5.92 Å². The lowest BCUT2D eigenvalue weighted by Crippen LogP contribution is -2.43. The highest BCUT2D eigenvalue weighted by Crippen LogP contribution is 2.35. The summed E-state index contributed by atoms with van der Waals surface area (Å²) in [5, 5.41) is 2.54. The number of benzene rings is 2. The molecule has 6 nitrogen and oxygen atoms in total. The Balaban J connectivity index is 1.81. The normalized spacial score (nSPS) is 17.8. The molecule has 1 fully saturated rings. The summed E-state index contributed by atoms with van der Waals surface area (Å²) in [7, 11) is -2.70. The Labute approximate surface area is 193 Å². The van der Waals surface area contributed by atoms with E-state index in [-0.39, 0.29) is 39.5 Å². The molecule has 1 saturated heterocycles. The molecule has 2 aromatic rings. The van der Waals surface area contributed by atoms with E-state index in [0.29, 0.717) is 12.8 Å². The predicted octanol–water partition coefficient (Wildman–Crippen LogP) is 5.06. The summed E-state index contributed by atoms with van der Waals surface area (Å²) in [6.07, 6.45) is -3.85. The summed E-state index contributed by atoms with van der Waals surface area (Å²) in [5.74, 6) is -1.30. The zero-order valence-electron chi connectivity index (χ0n) is 16.7. The van der Waals surface area contributed by atoms with Gasteiger partial charge in [-0.05, 0) is 49.2 Å². The Hall–Kier alpha value is -2.01. The summed E-state index contributed by atoms with van der Waals surface area (Å²) in [4.78, 5) is 12.6. The molecule has 0 spiro atoms. The lowest BCUT2D eigenvalue weighted by Gasteiger charge is -2.31. The van der Waals surface area contributed by atoms with Gasteiger partial charge in [0.2, 0.25) is 15.9 Å². The third-order valence-electron chi connectivity index (χ3n) is 5.05. The highest BCUT2D eigenvalue weighted by Gasteiger charge is 2.36. The van der Waals surface area contributed by atoms with E-state index in [2.05, 4.69) is 5.32 Å². The lowest BCUT2D eigenvalue weighted by atomic mass is 9.98. The van der Waals surface area contributed by atoms with Crippen LogP contribution in [0.25, 0.3) is 0 Å². The van der Waals surface area contributed by atoms with Crippen molar-refractivity contribution in [3.8, 4) is 5.75 Å². The largest absolute Gasteiger partial charge is 0.495 e. The van der Waals surface area contributed by atoms with Gasteiger partial charge in [0, 0.05) is 18.1 Å². The SMILES string of the molecule is COc1ccc(Cl)cc1S(=O)(=O)N1CCC[C@@H](C(=O)Nc2cc(C(F)(F)F)ccc2Cl)C1. The van der Waals surface area contributed by atoms with E-state index >= 15 is 0 Å². The van der Waals surface area contributed by atoms with Gasteiger partial charge in [-0.25, -0.2) is 8.42 Å². The number of anilines is 1. The van der Waals surface area contributed by atoms with Gasteiger partial charge in [0.1, 0.15) is 10.6 Å². The molecule has 1 N–H and O–H groups in total. The number of nitrogens with one attached hydrogen (secondary N) is 1. The number of carbonyl (C=O) groups is 1. The Kier molecular flexibility index (Phi) is 7.28. The quantitative estimate of drug-likeness (QED) is 0.609. The molecule has 0 aliphatic carbocycles. The molecule has 1 atom stereocenters. The van der Waals surface area contributed by atoms with E-state index in [1.165, 1.54) is 25.3 Å². The average Bonchev–Trinajstić information content (AvgIpc) is 2.74. The summed E-state index contributed by atoms with van der Waals surface area (Å²) >= 11 is 11.9. The number of alkyl halides is 3. The maximum absolute atomic E-state index is 13.2. The second kappa shape index (κ2) is 9.46. The smallest absolute Gasteiger partial charge is 0.416 e. The number of ether oxygens (including phenoxy) is 1. The van der Waals surface area contributed by atoms with Crippen molar-refractivity contribution in [3.63, 3.8) is 0 Å². The fourth-order valence-electron chi connectivity index (χ4n) is 3.40. The Morgan fingerprint density at radius 2 is 1.91 bits per heavy atom. The third kappa shape index (κ3) is 5.31. The molecule has 0 unspecified atom stereocenters. The number of rotatable bonds is 5. The first kappa shape index (κ1) is 24.6. The molecule has 3 rings (SSSR count). The monoisotopic (exact) mass is 510 g/mol. The molecule has 1 heterocycles. The first-order chi connectivity index (χ1) is 14.9. The van der Waals surface area contributed by atoms with Crippen LogP contribution in [-0.2, 0) is 21.0 Å². The second-order valence-electron chi connectivity index (χ2n) is 7.18. The van der Waals surface area contributed by atoms with Crippen LogP contribution in [0.4, 0.5) is 18.9 Å². The van der Waals surface area contributed by atoms with Gasteiger partial charge in [0.25, 0.3) is 0 Å². The maximum Gasteiger partial charge on any atom is 0.416 e. The minimum atomic E-state index is -4.60. The maximum atomic E-state index is 13.2. The van der Waals surface area contributed by atoms with Crippen LogP contribution in [0.2, 0.25) is 10.0 Å². The van der Waals surface area contributed by atoms with Crippen molar-refractivity contribution < 1.29 is 31.1 Å². The minimum absolute atomic E-state index is 0.0599. The van der Waals surface area contributed by atoms with Crippen LogP contribution < -0.4 is 10.1 Å². The molecule has 32 heavy (non-hydrogen) atoms. The number of sulfonamides is 1. The summed E-state index contributed by atoms with van der Waals surface area (Å²) < 4.78 is 71.5. The first-order valence-corrected chi connectivity index (χ1v) is 11.6. The molecular weight excluding hydrogens is 492 g/mol. The van der Waals surface area contributed by atoms with E-state index in [0.717, 1.165) is 22.5 Å². The molecular formula is C20H19Cl2F3N2O4S. The van der Waals surface area contributed by atoms with Crippen molar-refractivity contribution in [2.75, 3.05) is 25.5 Å². The van der Waals surface area contributed by atoms with Gasteiger partial charge in [-0.3, -0.25) is 4.79 Å². The van der Waals surface area contributed by atoms with Crippen molar-refractivity contribution >= 4 is 44.8 Å². The van der Waals surface area contributed by atoms with E-state index in [1.807, 2.05) is 0 Å². The molecule has 0 saturated carbocycles. The summed E-state index contributed by atoms with van der Waals surface area (Å²) in [6.45, 7) is 0.0203. The molecule has 174 valence electrons.